The SMILES string of the molecule is CCOc1cc(CBr)cc(Br)c1OCCCC1CCCO1. The standard InChI is InChI=1S/C16H22Br2O3/c1-2-19-15-10-12(11-17)9-14(18)16(15)21-8-4-6-13-5-3-7-20-13/h9-10,13H,2-8,11H2,1H3. The molecule has 118 valence electrons. The summed E-state index contributed by atoms with van der Waals surface area (Å²) in [5.74, 6) is 1.60. The van der Waals surface area contributed by atoms with Crippen LogP contribution in [0.2, 0.25) is 0 Å². The van der Waals surface area contributed by atoms with Crippen molar-refractivity contribution in [1.82, 2.24) is 0 Å². The molecule has 5 heteroatoms. The molecule has 0 radical (unpaired) electrons. The van der Waals surface area contributed by atoms with E-state index in [0.717, 1.165) is 46.3 Å². The van der Waals surface area contributed by atoms with E-state index in [4.69, 9.17) is 14.2 Å². The summed E-state index contributed by atoms with van der Waals surface area (Å²) in [6.07, 6.45) is 4.89. The van der Waals surface area contributed by atoms with Gasteiger partial charge in [-0.05, 0) is 66.2 Å². The number of hydrogen-bond donors (Lipinski definition) is 0. The van der Waals surface area contributed by atoms with E-state index in [1.807, 2.05) is 13.0 Å². The number of hydrogen-bond acceptors (Lipinski definition) is 3. The summed E-state index contributed by atoms with van der Waals surface area (Å²) in [5.41, 5.74) is 1.16. The fraction of sp³-hybridized carbons (Fsp3) is 0.625. The molecule has 21 heavy (non-hydrogen) atoms. The van der Waals surface area contributed by atoms with Gasteiger partial charge >= 0.3 is 0 Å². The first-order valence-corrected chi connectivity index (χ1v) is 9.41. The zero-order chi connectivity index (χ0) is 15.1. The lowest BCUT2D eigenvalue weighted by molar-refractivity contribution is 0.0979. The Hall–Kier alpha value is -0.260. The number of halogens is 2. The summed E-state index contributed by atoms with van der Waals surface area (Å²) in [6, 6.07) is 4.09. The monoisotopic (exact) mass is 420 g/mol. The van der Waals surface area contributed by atoms with Crippen LogP contribution in [-0.4, -0.2) is 25.9 Å². The predicted molar refractivity (Wildman–Crippen MR) is 91.6 cm³/mol. The maximum atomic E-state index is 5.94. The third kappa shape index (κ3) is 5.15. The number of ether oxygens (including phenoxy) is 3. The summed E-state index contributed by atoms with van der Waals surface area (Å²) >= 11 is 7.05. The van der Waals surface area contributed by atoms with E-state index in [0.29, 0.717) is 19.3 Å². The van der Waals surface area contributed by atoms with Gasteiger partial charge in [0, 0.05) is 11.9 Å². The van der Waals surface area contributed by atoms with Crippen LogP contribution in [0, 0.1) is 0 Å². The molecule has 0 saturated carbocycles. The summed E-state index contributed by atoms with van der Waals surface area (Å²) in [7, 11) is 0. The Balaban J connectivity index is 1.91. The Bertz CT molecular complexity index is 445. The van der Waals surface area contributed by atoms with Crippen molar-refractivity contribution in [3.63, 3.8) is 0 Å². The molecule has 0 bridgehead atoms. The van der Waals surface area contributed by atoms with Crippen LogP contribution in [0.4, 0.5) is 0 Å². The molecule has 1 aliphatic rings. The third-order valence-corrected chi connectivity index (χ3v) is 4.70. The number of benzene rings is 1. The van der Waals surface area contributed by atoms with E-state index in [1.54, 1.807) is 0 Å². The second-order valence-electron chi connectivity index (χ2n) is 5.10. The first-order valence-electron chi connectivity index (χ1n) is 7.50. The molecule has 0 amide bonds. The van der Waals surface area contributed by atoms with E-state index in [9.17, 15) is 0 Å². The minimum absolute atomic E-state index is 0.430. The van der Waals surface area contributed by atoms with E-state index < -0.39 is 0 Å². The van der Waals surface area contributed by atoms with Gasteiger partial charge in [-0.2, -0.15) is 0 Å². The highest BCUT2D eigenvalue weighted by Crippen LogP contribution is 2.37. The second kappa shape index (κ2) is 9.01. The zero-order valence-corrected chi connectivity index (χ0v) is 15.5. The topological polar surface area (TPSA) is 27.7 Å². The van der Waals surface area contributed by atoms with Gasteiger partial charge < -0.3 is 14.2 Å². The molecule has 0 aliphatic carbocycles. The second-order valence-corrected chi connectivity index (χ2v) is 6.51. The van der Waals surface area contributed by atoms with E-state index >= 15 is 0 Å². The minimum atomic E-state index is 0.430. The van der Waals surface area contributed by atoms with Crippen LogP contribution >= 0.6 is 31.9 Å². The van der Waals surface area contributed by atoms with Crippen molar-refractivity contribution in [2.24, 2.45) is 0 Å². The Morgan fingerprint density at radius 2 is 2.19 bits per heavy atom. The van der Waals surface area contributed by atoms with Crippen LogP contribution in [0.1, 0.15) is 38.2 Å². The van der Waals surface area contributed by atoms with Crippen LogP contribution in [0.3, 0.4) is 0 Å². The molecular weight excluding hydrogens is 400 g/mol. The fourth-order valence-corrected chi connectivity index (χ4v) is 3.39. The van der Waals surface area contributed by atoms with Crippen molar-refractivity contribution in [1.29, 1.82) is 0 Å². The average molecular weight is 422 g/mol. The fourth-order valence-electron chi connectivity index (χ4n) is 2.46. The third-order valence-electron chi connectivity index (χ3n) is 3.46. The Kier molecular flexibility index (Phi) is 7.34. The molecule has 0 aromatic heterocycles. The molecule has 3 nitrogen and oxygen atoms in total. The van der Waals surface area contributed by atoms with Gasteiger partial charge in [-0.25, -0.2) is 0 Å². The zero-order valence-electron chi connectivity index (χ0n) is 12.4. The molecule has 1 saturated heterocycles. The average Bonchev–Trinajstić information content (AvgIpc) is 2.99. The first kappa shape index (κ1) is 17.1. The van der Waals surface area contributed by atoms with Crippen molar-refractivity contribution in [3.05, 3.63) is 22.2 Å². The molecule has 2 rings (SSSR count). The molecule has 0 N–H and O–H groups in total. The van der Waals surface area contributed by atoms with E-state index in [-0.39, 0.29) is 0 Å². The van der Waals surface area contributed by atoms with Crippen molar-refractivity contribution in [2.45, 2.75) is 44.0 Å². The highest BCUT2D eigenvalue weighted by Gasteiger charge is 2.16. The van der Waals surface area contributed by atoms with Gasteiger partial charge in [-0.1, -0.05) is 15.9 Å². The van der Waals surface area contributed by atoms with Gasteiger partial charge in [-0.15, -0.1) is 0 Å². The molecule has 1 heterocycles. The molecule has 1 aliphatic heterocycles. The van der Waals surface area contributed by atoms with Gasteiger partial charge in [-0.3, -0.25) is 0 Å². The molecule has 1 atom stereocenters. The predicted octanol–water partition coefficient (Wildman–Crippen LogP) is 5.08. The summed E-state index contributed by atoms with van der Waals surface area (Å²) < 4.78 is 18.2. The van der Waals surface area contributed by atoms with Crippen LogP contribution < -0.4 is 9.47 Å². The van der Waals surface area contributed by atoms with Gasteiger partial charge in [0.15, 0.2) is 11.5 Å². The maximum absolute atomic E-state index is 5.94. The van der Waals surface area contributed by atoms with Crippen molar-refractivity contribution in [3.8, 4) is 11.5 Å². The van der Waals surface area contributed by atoms with Gasteiger partial charge in [0.05, 0.1) is 23.8 Å². The smallest absolute Gasteiger partial charge is 0.175 e. The van der Waals surface area contributed by atoms with Gasteiger partial charge in [0.2, 0.25) is 0 Å². The molecule has 1 aromatic carbocycles. The summed E-state index contributed by atoms with van der Waals surface area (Å²) in [6.45, 7) is 4.21. The van der Waals surface area contributed by atoms with Gasteiger partial charge in [0.1, 0.15) is 0 Å². The summed E-state index contributed by atoms with van der Waals surface area (Å²) in [4.78, 5) is 0. The first-order chi connectivity index (χ1) is 10.2. The van der Waals surface area contributed by atoms with Crippen LogP contribution in [0.5, 0.6) is 11.5 Å². The van der Waals surface area contributed by atoms with Crippen molar-refractivity contribution >= 4 is 31.9 Å². The Morgan fingerprint density at radius 1 is 1.33 bits per heavy atom. The van der Waals surface area contributed by atoms with Crippen LogP contribution in [-0.2, 0) is 10.1 Å². The Labute approximate surface area is 143 Å². The molecule has 1 unspecified atom stereocenters. The quantitative estimate of drug-likeness (QED) is 0.432. The lowest BCUT2D eigenvalue weighted by Gasteiger charge is -2.15. The highest BCUT2D eigenvalue weighted by molar-refractivity contribution is 9.10. The lowest BCUT2D eigenvalue weighted by atomic mass is 10.1. The molecule has 0 spiro atoms. The Morgan fingerprint density at radius 3 is 2.86 bits per heavy atom. The molecular formula is C16H22Br2O3. The lowest BCUT2D eigenvalue weighted by Crippen LogP contribution is -2.08. The van der Waals surface area contributed by atoms with E-state index in [2.05, 4.69) is 37.9 Å². The molecule has 1 fully saturated rings. The van der Waals surface area contributed by atoms with Crippen molar-refractivity contribution in [2.75, 3.05) is 19.8 Å². The highest BCUT2D eigenvalue weighted by atomic mass is 79.9. The van der Waals surface area contributed by atoms with Crippen LogP contribution in [0.25, 0.3) is 0 Å². The molecule has 1 aromatic rings. The van der Waals surface area contributed by atoms with Gasteiger partial charge in [0.25, 0.3) is 0 Å². The van der Waals surface area contributed by atoms with Crippen LogP contribution in [0.15, 0.2) is 16.6 Å². The van der Waals surface area contributed by atoms with E-state index in [1.165, 1.54) is 12.8 Å². The van der Waals surface area contributed by atoms with Crippen molar-refractivity contribution < 1.29 is 14.2 Å². The maximum Gasteiger partial charge on any atom is 0.175 e. The number of rotatable bonds is 8. The largest absolute Gasteiger partial charge is 0.490 e. The number of alkyl halides is 1. The normalized spacial score (nSPS) is 18.0. The minimum Gasteiger partial charge on any atom is -0.490 e. The summed E-state index contributed by atoms with van der Waals surface area (Å²) in [5, 5.41) is 0.797.